The smallest absolute Gasteiger partial charge is 0.239 e. The molecule has 0 saturated heterocycles. The van der Waals surface area contributed by atoms with E-state index < -0.39 is 11.6 Å². The van der Waals surface area contributed by atoms with Crippen LogP contribution in [0.15, 0.2) is 16.6 Å². The third-order valence-corrected chi connectivity index (χ3v) is 2.90. The average Bonchev–Trinajstić information content (AvgIpc) is 2.37. The summed E-state index contributed by atoms with van der Waals surface area (Å²) in [6.07, 6.45) is 0.707. The van der Waals surface area contributed by atoms with Gasteiger partial charge in [0.2, 0.25) is 5.91 Å². The first-order valence-electron chi connectivity index (χ1n) is 5.68. The number of halogens is 3. The largest absolute Gasteiger partial charge is 0.385 e. The van der Waals surface area contributed by atoms with Crippen LogP contribution in [0, 0.1) is 11.6 Å². The van der Waals surface area contributed by atoms with Crippen LogP contribution in [0.5, 0.6) is 0 Å². The molecule has 0 aliphatic heterocycles. The number of rotatable bonds is 7. The highest BCUT2D eigenvalue weighted by molar-refractivity contribution is 9.10. The Morgan fingerprint density at radius 2 is 2.11 bits per heavy atom. The zero-order chi connectivity index (χ0) is 14.3. The molecule has 0 heterocycles. The first-order chi connectivity index (χ1) is 9.04. The molecule has 19 heavy (non-hydrogen) atoms. The number of carbonyl (C=O) groups is 1. The number of methoxy groups -OCH3 is 1. The predicted molar refractivity (Wildman–Crippen MR) is 72.1 cm³/mol. The zero-order valence-corrected chi connectivity index (χ0v) is 12.0. The van der Waals surface area contributed by atoms with Crippen molar-refractivity contribution in [2.24, 2.45) is 0 Å². The summed E-state index contributed by atoms with van der Waals surface area (Å²) >= 11 is 2.95. The molecule has 1 amide bonds. The summed E-state index contributed by atoms with van der Waals surface area (Å²) in [6, 6.07) is 2.01. The maximum Gasteiger partial charge on any atom is 0.239 e. The molecule has 0 radical (unpaired) electrons. The Morgan fingerprint density at radius 3 is 2.79 bits per heavy atom. The number of amides is 1. The Morgan fingerprint density at radius 1 is 1.37 bits per heavy atom. The molecule has 0 aromatic heterocycles. The molecule has 106 valence electrons. The lowest BCUT2D eigenvalue weighted by Crippen LogP contribution is -2.31. The van der Waals surface area contributed by atoms with Gasteiger partial charge in [-0.1, -0.05) is 0 Å². The minimum atomic E-state index is -0.743. The topological polar surface area (TPSA) is 50.4 Å². The van der Waals surface area contributed by atoms with E-state index in [1.54, 1.807) is 7.11 Å². The third-order valence-electron chi connectivity index (χ3n) is 2.30. The van der Waals surface area contributed by atoms with Gasteiger partial charge in [-0.05, 0) is 28.4 Å². The van der Waals surface area contributed by atoms with E-state index in [-0.39, 0.29) is 22.6 Å². The fourth-order valence-corrected chi connectivity index (χ4v) is 1.68. The van der Waals surface area contributed by atoms with Gasteiger partial charge in [-0.25, -0.2) is 8.78 Å². The van der Waals surface area contributed by atoms with Crippen LogP contribution in [0.4, 0.5) is 14.5 Å². The number of carbonyl (C=O) groups excluding carboxylic acids is 1. The SMILES string of the molecule is COCCCNC(=O)CNc1cc(Br)c(F)cc1F. The Balaban J connectivity index is 2.40. The van der Waals surface area contributed by atoms with E-state index in [4.69, 9.17) is 4.74 Å². The van der Waals surface area contributed by atoms with Crippen LogP contribution >= 0.6 is 15.9 Å². The Bertz CT molecular complexity index is 444. The Labute approximate surface area is 118 Å². The highest BCUT2D eigenvalue weighted by atomic mass is 79.9. The summed E-state index contributed by atoms with van der Waals surface area (Å²) < 4.78 is 31.3. The maximum atomic E-state index is 13.4. The highest BCUT2D eigenvalue weighted by Gasteiger charge is 2.09. The van der Waals surface area contributed by atoms with Gasteiger partial charge in [-0.2, -0.15) is 0 Å². The summed E-state index contributed by atoms with van der Waals surface area (Å²) in [5.74, 6) is -1.70. The second-order valence-electron chi connectivity index (χ2n) is 3.80. The van der Waals surface area contributed by atoms with Crippen molar-refractivity contribution < 1.29 is 18.3 Å². The van der Waals surface area contributed by atoms with Gasteiger partial charge in [0, 0.05) is 26.3 Å². The monoisotopic (exact) mass is 336 g/mol. The van der Waals surface area contributed by atoms with E-state index >= 15 is 0 Å². The van der Waals surface area contributed by atoms with E-state index in [2.05, 4.69) is 26.6 Å². The van der Waals surface area contributed by atoms with Crippen LogP contribution in [-0.2, 0) is 9.53 Å². The second kappa shape index (κ2) is 8.06. The van der Waals surface area contributed by atoms with Crippen molar-refractivity contribution in [3.8, 4) is 0 Å². The predicted octanol–water partition coefficient (Wildman–Crippen LogP) is 2.29. The number of hydrogen-bond acceptors (Lipinski definition) is 3. The van der Waals surface area contributed by atoms with Crippen molar-refractivity contribution in [1.29, 1.82) is 0 Å². The van der Waals surface area contributed by atoms with Crippen LogP contribution in [0.3, 0.4) is 0 Å². The number of hydrogen-bond donors (Lipinski definition) is 2. The first kappa shape index (κ1) is 15.8. The van der Waals surface area contributed by atoms with E-state index in [0.717, 1.165) is 6.07 Å². The minimum absolute atomic E-state index is 0.0697. The summed E-state index contributed by atoms with van der Waals surface area (Å²) in [5, 5.41) is 5.25. The number of nitrogens with one attached hydrogen (secondary N) is 2. The van der Waals surface area contributed by atoms with Gasteiger partial charge >= 0.3 is 0 Å². The second-order valence-corrected chi connectivity index (χ2v) is 4.65. The molecule has 1 aromatic rings. The Hall–Kier alpha value is -1.21. The van der Waals surface area contributed by atoms with Crippen LogP contribution in [-0.4, -0.2) is 32.7 Å². The lowest BCUT2D eigenvalue weighted by atomic mass is 10.3. The minimum Gasteiger partial charge on any atom is -0.385 e. The maximum absolute atomic E-state index is 13.4. The quantitative estimate of drug-likeness (QED) is 0.593. The fraction of sp³-hybridized carbons (Fsp3) is 0.417. The molecule has 1 rings (SSSR count). The lowest BCUT2D eigenvalue weighted by Gasteiger charge is -2.09. The van der Waals surface area contributed by atoms with Gasteiger partial charge in [0.1, 0.15) is 11.6 Å². The summed E-state index contributed by atoms with van der Waals surface area (Å²) in [6.45, 7) is 0.971. The van der Waals surface area contributed by atoms with Gasteiger partial charge in [-0.3, -0.25) is 4.79 Å². The van der Waals surface area contributed by atoms with Crippen molar-refractivity contribution in [3.05, 3.63) is 28.2 Å². The fourth-order valence-electron chi connectivity index (χ4n) is 1.34. The van der Waals surface area contributed by atoms with Crippen molar-refractivity contribution in [2.45, 2.75) is 6.42 Å². The van der Waals surface area contributed by atoms with Gasteiger partial charge in [0.15, 0.2) is 0 Å². The van der Waals surface area contributed by atoms with Crippen molar-refractivity contribution in [3.63, 3.8) is 0 Å². The zero-order valence-electron chi connectivity index (χ0n) is 10.4. The standard InChI is InChI=1S/C12H15BrF2N2O2/c1-19-4-2-3-16-12(18)7-17-11-5-8(13)9(14)6-10(11)15/h5-6,17H,2-4,7H2,1H3,(H,16,18). The normalized spacial score (nSPS) is 10.3. The van der Waals surface area contributed by atoms with Gasteiger partial charge in [0.25, 0.3) is 0 Å². The Kier molecular flexibility index (Phi) is 6.72. The molecular weight excluding hydrogens is 322 g/mol. The lowest BCUT2D eigenvalue weighted by molar-refractivity contribution is -0.119. The number of anilines is 1. The van der Waals surface area contributed by atoms with E-state index in [0.29, 0.717) is 19.6 Å². The number of benzene rings is 1. The molecule has 0 aliphatic rings. The van der Waals surface area contributed by atoms with E-state index in [1.165, 1.54) is 6.07 Å². The molecule has 0 unspecified atom stereocenters. The van der Waals surface area contributed by atoms with Crippen LogP contribution in [0.1, 0.15) is 6.42 Å². The molecule has 4 nitrogen and oxygen atoms in total. The van der Waals surface area contributed by atoms with Crippen molar-refractivity contribution in [2.75, 3.05) is 32.1 Å². The number of ether oxygens (including phenoxy) is 1. The molecular formula is C12H15BrF2N2O2. The molecule has 7 heteroatoms. The van der Waals surface area contributed by atoms with Crippen LogP contribution in [0.25, 0.3) is 0 Å². The molecule has 2 N–H and O–H groups in total. The molecule has 0 atom stereocenters. The molecule has 0 aliphatic carbocycles. The molecule has 0 bridgehead atoms. The van der Waals surface area contributed by atoms with Gasteiger partial charge in [0.05, 0.1) is 16.7 Å². The summed E-state index contributed by atoms with van der Waals surface area (Å²) in [7, 11) is 1.58. The third kappa shape index (κ3) is 5.52. The highest BCUT2D eigenvalue weighted by Crippen LogP contribution is 2.23. The van der Waals surface area contributed by atoms with E-state index in [1.807, 2.05) is 0 Å². The molecule has 0 spiro atoms. The van der Waals surface area contributed by atoms with E-state index in [9.17, 15) is 13.6 Å². The molecule has 0 fully saturated rings. The average molecular weight is 337 g/mol. The summed E-state index contributed by atoms with van der Waals surface area (Å²) in [5.41, 5.74) is 0.0697. The summed E-state index contributed by atoms with van der Waals surface area (Å²) in [4.78, 5) is 11.4. The van der Waals surface area contributed by atoms with Gasteiger partial charge < -0.3 is 15.4 Å². The van der Waals surface area contributed by atoms with Crippen molar-refractivity contribution >= 4 is 27.5 Å². The van der Waals surface area contributed by atoms with Crippen LogP contribution < -0.4 is 10.6 Å². The first-order valence-corrected chi connectivity index (χ1v) is 6.48. The van der Waals surface area contributed by atoms with Gasteiger partial charge in [-0.15, -0.1) is 0 Å². The van der Waals surface area contributed by atoms with Crippen LogP contribution in [0.2, 0.25) is 0 Å². The molecule has 0 saturated carbocycles. The van der Waals surface area contributed by atoms with Crippen molar-refractivity contribution in [1.82, 2.24) is 5.32 Å². The molecule has 1 aromatic carbocycles.